The molecule has 0 aromatic rings. The normalized spacial score (nSPS) is 22.1. The first-order valence-corrected chi connectivity index (χ1v) is 8.90. The molecule has 104 valence electrons. The lowest BCUT2D eigenvalue weighted by molar-refractivity contribution is -0.153. The SMILES string of the molecule is CCO[Si](C)(OCC)C(CC)C1CC(=O)OC1=O. The van der Waals surface area contributed by atoms with Gasteiger partial charge < -0.3 is 13.6 Å². The Labute approximate surface area is 109 Å². The van der Waals surface area contributed by atoms with Crippen molar-refractivity contribution in [1.29, 1.82) is 0 Å². The highest BCUT2D eigenvalue weighted by atomic mass is 28.4. The number of carbonyl (C=O) groups excluding carboxylic acids is 2. The molecular formula is C12H22O5Si. The van der Waals surface area contributed by atoms with Gasteiger partial charge in [-0.2, -0.15) is 0 Å². The molecule has 0 amide bonds. The monoisotopic (exact) mass is 274 g/mol. The molecule has 0 aliphatic carbocycles. The molecule has 1 aliphatic heterocycles. The predicted octanol–water partition coefficient (Wildman–Crippen LogP) is 2.00. The highest BCUT2D eigenvalue weighted by Gasteiger charge is 2.50. The molecule has 0 aromatic heterocycles. The van der Waals surface area contributed by atoms with Gasteiger partial charge in [0.15, 0.2) is 0 Å². The fourth-order valence-electron chi connectivity index (χ4n) is 2.65. The van der Waals surface area contributed by atoms with Crippen LogP contribution in [-0.2, 0) is 23.2 Å². The smallest absolute Gasteiger partial charge is 0.339 e. The summed E-state index contributed by atoms with van der Waals surface area (Å²) in [5.41, 5.74) is -0.0450. The summed E-state index contributed by atoms with van der Waals surface area (Å²) >= 11 is 0. The number of ether oxygens (including phenoxy) is 1. The molecule has 0 spiro atoms. The third kappa shape index (κ3) is 3.18. The van der Waals surface area contributed by atoms with E-state index in [2.05, 4.69) is 4.74 Å². The Kier molecular flexibility index (Phi) is 5.49. The van der Waals surface area contributed by atoms with E-state index in [4.69, 9.17) is 8.85 Å². The molecule has 0 N–H and O–H groups in total. The van der Waals surface area contributed by atoms with E-state index >= 15 is 0 Å². The van der Waals surface area contributed by atoms with Crippen LogP contribution in [0, 0.1) is 5.92 Å². The summed E-state index contributed by atoms with van der Waals surface area (Å²) in [5, 5.41) is 0. The Balaban J connectivity index is 2.91. The summed E-state index contributed by atoms with van der Waals surface area (Å²) in [6.45, 7) is 8.88. The van der Waals surface area contributed by atoms with Crippen molar-refractivity contribution >= 4 is 20.5 Å². The Morgan fingerprint density at radius 1 is 1.28 bits per heavy atom. The second-order valence-electron chi connectivity index (χ2n) is 4.50. The van der Waals surface area contributed by atoms with Crippen LogP contribution in [-0.4, -0.2) is 33.7 Å². The topological polar surface area (TPSA) is 61.8 Å². The van der Waals surface area contributed by atoms with E-state index in [0.717, 1.165) is 6.42 Å². The van der Waals surface area contributed by atoms with Crippen LogP contribution >= 0.6 is 0 Å². The number of carbonyl (C=O) groups is 2. The van der Waals surface area contributed by atoms with Gasteiger partial charge in [0.2, 0.25) is 0 Å². The maximum Gasteiger partial charge on any atom is 0.339 e. The van der Waals surface area contributed by atoms with E-state index < -0.39 is 26.4 Å². The maximum absolute atomic E-state index is 11.7. The van der Waals surface area contributed by atoms with Crippen molar-refractivity contribution in [1.82, 2.24) is 0 Å². The molecule has 0 bridgehead atoms. The Morgan fingerprint density at radius 3 is 2.17 bits per heavy atom. The van der Waals surface area contributed by atoms with Gasteiger partial charge in [-0.05, 0) is 20.4 Å². The van der Waals surface area contributed by atoms with Crippen LogP contribution in [0.4, 0.5) is 0 Å². The summed E-state index contributed by atoms with van der Waals surface area (Å²) in [4.78, 5) is 22.9. The highest BCUT2D eigenvalue weighted by Crippen LogP contribution is 2.39. The van der Waals surface area contributed by atoms with Crippen LogP contribution < -0.4 is 0 Å². The first-order valence-electron chi connectivity index (χ1n) is 6.50. The van der Waals surface area contributed by atoms with Crippen LogP contribution in [0.1, 0.15) is 33.6 Å². The van der Waals surface area contributed by atoms with E-state index in [1.54, 1.807) is 0 Å². The summed E-state index contributed by atoms with van der Waals surface area (Å²) in [7, 11) is -2.47. The van der Waals surface area contributed by atoms with E-state index in [-0.39, 0.29) is 12.0 Å². The number of hydrogen-bond acceptors (Lipinski definition) is 5. The molecule has 2 unspecified atom stereocenters. The van der Waals surface area contributed by atoms with Crippen LogP contribution in [0.15, 0.2) is 0 Å². The van der Waals surface area contributed by atoms with Crippen molar-refractivity contribution in [3.8, 4) is 0 Å². The van der Waals surface area contributed by atoms with Crippen molar-refractivity contribution < 1.29 is 23.2 Å². The molecule has 0 aromatic carbocycles. The molecule has 2 atom stereocenters. The molecule has 6 heteroatoms. The maximum atomic E-state index is 11.7. The average Bonchev–Trinajstić information content (AvgIpc) is 2.59. The minimum Gasteiger partial charge on any atom is -0.394 e. The van der Waals surface area contributed by atoms with E-state index in [1.807, 2.05) is 27.3 Å². The zero-order valence-corrected chi connectivity index (χ0v) is 12.5. The van der Waals surface area contributed by atoms with Gasteiger partial charge in [0.1, 0.15) is 0 Å². The summed E-state index contributed by atoms with van der Waals surface area (Å²) in [6.07, 6.45) is 0.899. The first kappa shape index (κ1) is 15.3. The lowest BCUT2D eigenvalue weighted by atomic mass is 10.0. The van der Waals surface area contributed by atoms with Crippen LogP contribution in [0.25, 0.3) is 0 Å². The van der Waals surface area contributed by atoms with Gasteiger partial charge in [-0.25, -0.2) is 0 Å². The summed E-state index contributed by atoms with van der Waals surface area (Å²) < 4.78 is 16.3. The van der Waals surface area contributed by atoms with Crippen molar-refractivity contribution in [3.63, 3.8) is 0 Å². The van der Waals surface area contributed by atoms with Crippen molar-refractivity contribution in [3.05, 3.63) is 0 Å². The zero-order valence-electron chi connectivity index (χ0n) is 11.5. The Hall–Kier alpha value is -0.723. The molecule has 1 saturated heterocycles. The molecule has 18 heavy (non-hydrogen) atoms. The molecule has 0 saturated carbocycles. The van der Waals surface area contributed by atoms with Crippen molar-refractivity contribution in [2.75, 3.05) is 13.2 Å². The van der Waals surface area contributed by atoms with Gasteiger partial charge in [-0.15, -0.1) is 0 Å². The van der Waals surface area contributed by atoms with Crippen LogP contribution in [0.2, 0.25) is 12.1 Å². The van der Waals surface area contributed by atoms with Gasteiger partial charge in [-0.1, -0.05) is 13.3 Å². The number of hydrogen-bond donors (Lipinski definition) is 0. The first-order chi connectivity index (χ1) is 8.48. The standard InChI is InChI=1S/C12H22O5Si/c1-5-10(9-8-11(13)17-12(9)14)18(4,15-6-2)16-7-3/h9-10H,5-8H2,1-4H3. The second kappa shape index (κ2) is 6.45. The molecule has 1 aliphatic rings. The molecule has 5 nitrogen and oxygen atoms in total. The van der Waals surface area contributed by atoms with Gasteiger partial charge in [0, 0.05) is 18.8 Å². The van der Waals surface area contributed by atoms with Crippen molar-refractivity contribution in [2.45, 2.75) is 45.7 Å². The van der Waals surface area contributed by atoms with Crippen LogP contribution in [0.3, 0.4) is 0 Å². The molecule has 1 fully saturated rings. The number of cyclic esters (lactones) is 2. The Morgan fingerprint density at radius 2 is 1.83 bits per heavy atom. The fraction of sp³-hybridized carbons (Fsp3) is 0.833. The zero-order chi connectivity index (χ0) is 13.8. The second-order valence-corrected chi connectivity index (χ2v) is 7.85. The number of esters is 2. The average molecular weight is 274 g/mol. The van der Waals surface area contributed by atoms with E-state index in [9.17, 15) is 9.59 Å². The third-order valence-corrected chi connectivity index (χ3v) is 7.25. The van der Waals surface area contributed by atoms with Gasteiger partial charge >= 0.3 is 20.5 Å². The quantitative estimate of drug-likeness (QED) is 0.404. The van der Waals surface area contributed by atoms with Crippen molar-refractivity contribution in [2.24, 2.45) is 5.92 Å². The molecule has 1 heterocycles. The minimum absolute atomic E-state index is 0.0450. The predicted molar refractivity (Wildman–Crippen MR) is 68.1 cm³/mol. The van der Waals surface area contributed by atoms with Gasteiger partial charge in [0.25, 0.3) is 0 Å². The minimum atomic E-state index is -2.47. The summed E-state index contributed by atoms with van der Waals surface area (Å²) in [6, 6.07) is 0. The molecule has 0 radical (unpaired) electrons. The largest absolute Gasteiger partial charge is 0.394 e. The van der Waals surface area contributed by atoms with Gasteiger partial charge in [0.05, 0.1) is 12.3 Å². The lowest BCUT2D eigenvalue weighted by Gasteiger charge is -2.35. The Bertz CT molecular complexity index is 312. The van der Waals surface area contributed by atoms with E-state index in [0.29, 0.717) is 13.2 Å². The molecular weight excluding hydrogens is 252 g/mol. The van der Waals surface area contributed by atoms with Crippen LogP contribution in [0.5, 0.6) is 0 Å². The van der Waals surface area contributed by atoms with E-state index in [1.165, 1.54) is 0 Å². The molecule has 1 rings (SSSR count). The third-order valence-electron chi connectivity index (χ3n) is 3.36. The fourth-order valence-corrected chi connectivity index (χ4v) is 6.03. The number of rotatable bonds is 7. The summed E-state index contributed by atoms with van der Waals surface area (Å²) in [5.74, 6) is -1.27. The highest BCUT2D eigenvalue weighted by molar-refractivity contribution is 6.68. The lowest BCUT2D eigenvalue weighted by Crippen LogP contribution is -2.47. The van der Waals surface area contributed by atoms with Gasteiger partial charge in [-0.3, -0.25) is 9.59 Å².